The average molecular weight is 348 g/mol. The Bertz CT molecular complexity index is 802. The summed E-state index contributed by atoms with van der Waals surface area (Å²) in [5.41, 5.74) is 2.87. The minimum absolute atomic E-state index is 0.346. The number of allylic oxidation sites excluding steroid dienone is 6. The smallest absolute Gasteiger partial charge is 0.338 e. The highest BCUT2D eigenvalue weighted by Gasteiger charge is 2.06. The molecule has 1 aromatic carbocycles. The fourth-order valence-electron chi connectivity index (χ4n) is 1.74. The maximum Gasteiger partial charge on any atom is 0.338 e. The van der Waals surface area contributed by atoms with Gasteiger partial charge in [-0.05, 0) is 54.8 Å². The molecule has 0 radical (unpaired) electrons. The third-order valence-electron chi connectivity index (χ3n) is 3.31. The van der Waals surface area contributed by atoms with Gasteiger partial charge in [0, 0.05) is 5.57 Å². The second-order valence-electron chi connectivity index (χ2n) is 5.60. The van der Waals surface area contributed by atoms with E-state index >= 15 is 0 Å². The zero-order chi connectivity index (χ0) is 19.7. The van der Waals surface area contributed by atoms with Crippen LogP contribution in [0, 0.1) is 0 Å². The predicted octanol–water partition coefficient (Wildman–Crippen LogP) is 5.91. The molecule has 0 saturated carbocycles. The van der Waals surface area contributed by atoms with Crippen LogP contribution in [0.1, 0.15) is 19.4 Å². The SMILES string of the molecule is C=C/C(=C\C=C(/C=C)c1ccc(OC(=O)C(=C)C)cc1)OC(=C)C(=C)C. The first-order valence-electron chi connectivity index (χ1n) is 7.96. The third-order valence-corrected chi connectivity index (χ3v) is 3.31. The van der Waals surface area contributed by atoms with E-state index in [9.17, 15) is 4.79 Å². The van der Waals surface area contributed by atoms with Crippen molar-refractivity contribution in [3.05, 3.63) is 110 Å². The molecule has 26 heavy (non-hydrogen) atoms. The van der Waals surface area contributed by atoms with Gasteiger partial charge in [-0.15, -0.1) is 0 Å². The summed E-state index contributed by atoms with van der Waals surface area (Å²) >= 11 is 0. The summed E-state index contributed by atoms with van der Waals surface area (Å²) in [5, 5.41) is 0. The number of benzene rings is 1. The van der Waals surface area contributed by atoms with Crippen molar-refractivity contribution in [3.63, 3.8) is 0 Å². The fourth-order valence-corrected chi connectivity index (χ4v) is 1.74. The maximum absolute atomic E-state index is 11.5. The molecule has 1 rings (SSSR count). The summed E-state index contributed by atoms with van der Waals surface area (Å²) in [6.45, 7) is 22.1. The Morgan fingerprint density at radius 2 is 1.54 bits per heavy atom. The largest absolute Gasteiger partial charge is 0.458 e. The third kappa shape index (κ3) is 6.29. The van der Waals surface area contributed by atoms with Crippen LogP contribution in [-0.2, 0) is 9.53 Å². The topological polar surface area (TPSA) is 35.5 Å². The first-order chi connectivity index (χ1) is 12.3. The summed E-state index contributed by atoms with van der Waals surface area (Å²) < 4.78 is 10.8. The quantitative estimate of drug-likeness (QED) is 0.183. The highest BCUT2D eigenvalue weighted by atomic mass is 16.5. The lowest BCUT2D eigenvalue weighted by atomic mass is 10.1. The lowest BCUT2D eigenvalue weighted by Gasteiger charge is -2.09. The van der Waals surface area contributed by atoms with Crippen LogP contribution in [0.5, 0.6) is 5.75 Å². The van der Waals surface area contributed by atoms with Crippen LogP contribution in [0.4, 0.5) is 0 Å². The van der Waals surface area contributed by atoms with E-state index in [1.54, 1.807) is 37.3 Å². The van der Waals surface area contributed by atoms with Crippen LogP contribution in [0.2, 0.25) is 0 Å². The number of ether oxygens (including phenoxy) is 2. The Morgan fingerprint density at radius 3 is 2.00 bits per heavy atom. The minimum Gasteiger partial charge on any atom is -0.458 e. The summed E-state index contributed by atoms with van der Waals surface area (Å²) in [5.74, 6) is 1.03. The van der Waals surface area contributed by atoms with Crippen LogP contribution < -0.4 is 4.74 Å². The average Bonchev–Trinajstić information content (AvgIpc) is 2.61. The van der Waals surface area contributed by atoms with Crippen LogP contribution in [0.3, 0.4) is 0 Å². The summed E-state index contributed by atoms with van der Waals surface area (Å²) in [7, 11) is 0. The molecule has 134 valence electrons. The van der Waals surface area contributed by atoms with Gasteiger partial charge < -0.3 is 9.47 Å². The van der Waals surface area contributed by atoms with Gasteiger partial charge in [0.25, 0.3) is 0 Å². The van der Waals surface area contributed by atoms with Gasteiger partial charge in [-0.2, -0.15) is 0 Å². The number of carbonyl (C=O) groups is 1. The van der Waals surface area contributed by atoms with E-state index in [0.717, 1.165) is 16.7 Å². The van der Waals surface area contributed by atoms with E-state index in [1.807, 2.05) is 25.1 Å². The maximum atomic E-state index is 11.5. The van der Waals surface area contributed by atoms with E-state index in [-0.39, 0.29) is 0 Å². The zero-order valence-corrected chi connectivity index (χ0v) is 15.4. The van der Waals surface area contributed by atoms with Crippen molar-refractivity contribution in [2.75, 3.05) is 0 Å². The molecule has 0 aromatic heterocycles. The number of rotatable bonds is 9. The Balaban J connectivity index is 2.99. The van der Waals surface area contributed by atoms with Crippen molar-refractivity contribution >= 4 is 11.5 Å². The number of hydrogen-bond acceptors (Lipinski definition) is 3. The molecular formula is C23H24O3. The lowest BCUT2D eigenvalue weighted by molar-refractivity contribution is -0.130. The molecule has 1 aromatic rings. The van der Waals surface area contributed by atoms with Crippen molar-refractivity contribution in [3.8, 4) is 5.75 Å². The van der Waals surface area contributed by atoms with Crippen LogP contribution >= 0.6 is 0 Å². The molecule has 0 spiro atoms. The van der Waals surface area contributed by atoms with Gasteiger partial charge >= 0.3 is 5.97 Å². The molecule has 0 aliphatic heterocycles. The monoisotopic (exact) mass is 348 g/mol. The van der Waals surface area contributed by atoms with Crippen LogP contribution in [0.15, 0.2) is 104 Å². The van der Waals surface area contributed by atoms with Gasteiger partial charge in [0.1, 0.15) is 17.3 Å². The number of carbonyl (C=O) groups excluding carboxylic acids is 1. The molecule has 0 aliphatic carbocycles. The number of esters is 1. The molecule has 0 bridgehead atoms. The first-order valence-corrected chi connectivity index (χ1v) is 7.96. The normalized spacial score (nSPS) is 11.3. The highest BCUT2D eigenvalue weighted by molar-refractivity contribution is 5.88. The molecule has 0 saturated heterocycles. The molecule has 3 heteroatoms. The van der Waals surface area contributed by atoms with E-state index < -0.39 is 5.97 Å². The predicted molar refractivity (Wildman–Crippen MR) is 108 cm³/mol. The molecule has 0 N–H and O–H groups in total. The lowest BCUT2D eigenvalue weighted by Crippen LogP contribution is -2.07. The summed E-state index contributed by atoms with van der Waals surface area (Å²) in [6.07, 6.45) is 6.93. The molecule has 0 amide bonds. The summed E-state index contributed by atoms with van der Waals surface area (Å²) in [6, 6.07) is 7.10. The second kappa shape index (κ2) is 9.84. The number of hydrogen-bond donors (Lipinski definition) is 0. The molecule has 0 heterocycles. The van der Waals surface area contributed by atoms with Gasteiger partial charge in [-0.25, -0.2) is 4.79 Å². The van der Waals surface area contributed by atoms with Gasteiger partial charge in [-0.3, -0.25) is 0 Å². The Kier molecular flexibility index (Phi) is 7.84. The van der Waals surface area contributed by atoms with Gasteiger partial charge in [-0.1, -0.05) is 57.2 Å². The summed E-state index contributed by atoms with van der Waals surface area (Å²) in [4.78, 5) is 11.5. The van der Waals surface area contributed by atoms with Crippen LogP contribution in [0.25, 0.3) is 5.57 Å². The Hall–Kier alpha value is -3.33. The zero-order valence-electron chi connectivity index (χ0n) is 15.4. The Labute approximate surface area is 155 Å². The van der Waals surface area contributed by atoms with E-state index in [2.05, 4.69) is 32.9 Å². The Morgan fingerprint density at radius 1 is 0.923 bits per heavy atom. The van der Waals surface area contributed by atoms with E-state index in [0.29, 0.717) is 22.8 Å². The van der Waals surface area contributed by atoms with Crippen molar-refractivity contribution in [1.29, 1.82) is 0 Å². The van der Waals surface area contributed by atoms with E-state index in [1.165, 1.54) is 0 Å². The first kappa shape index (κ1) is 20.7. The van der Waals surface area contributed by atoms with Gasteiger partial charge in [0.15, 0.2) is 0 Å². The highest BCUT2D eigenvalue weighted by Crippen LogP contribution is 2.21. The van der Waals surface area contributed by atoms with Gasteiger partial charge in [0.05, 0.1) is 0 Å². The molecule has 0 aliphatic rings. The van der Waals surface area contributed by atoms with Crippen molar-refractivity contribution in [2.45, 2.75) is 13.8 Å². The molecule has 3 nitrogen and oxygen atoms in total. The fraction of sp³-hybridized carbons (Fsp3) is 0.0870. The van der Waals surface area contributed by atoms with E-state index in [4.69, 9.17) is 9.47 Å². The second-order valence-corrected chi connectivity index (χ2v) is 5.60. The molecule has 0 fully saturated rings. The van der Waals surface area contributed by atoms with Crippen molar-refractivity contribution in [1.82, 2.24) is 0 Å². The molecule has 0 atom stereocenters. The van der Waals surface area contributed by atoms with Gasteiger partial charge in [0.2, 0.25) is 0 Å². The van der Waals surface area contributed by atoms with Crippen LogP contribution in [-0.4, -0.2) is 5.97 Å². The molecular weight excluding hydrogens is 324 g/mol. The minimum atomic E-state index is -0.453. The molecule has 0 unspecified atom stereocenters. The van der Waals surface area contributed by atoms with Crippen molar-refractivity contribution < 1.29 is 14.3 Å². The van der Waals surface area contributed by atoms with Crippen molar-refractivity contribution in [2.24, 2.45) is 0 Å². The standard InChI is InChI=1S/C23H24O3/c1-8-19(10-13-21(9-2)25-18(7)16(3)4)20-11-14-22(15-12-20)26-23(24)17(5)6/h8-15H,1-3,5,7H2,4,6H3/b19-10+,21-13+.